The molecule has 2 bridgehead atoms. The molecule has 3 atom stereocenters. The summed E-state index contributed by atoms with van der Waals surface area (Å²) in [6.45, 7) is 0. The van der Waals surface area contributed by atoms with Crippen molar-refractivity contribution in [3.8, 4) is 5.95 Å². The number of imidazole rings is 1. The number of anilines is 1. The molecular formula is C19H18N6OS. The molecular weight excluding hydrogens is 360 g/mol. The molecule has 0 amide bonds. The van der Waals surface area contributed by atoms with Crippen molar-refractivity contribution in [2.45, 2.75) is 31.7 Å². The predicted octanol–water partition coefficient (Wildman–Crippen LogP) is 3.32. The average molecular weight is 378 g/mol. The molecule has 6 rings (SSSR count). The van der Waals surface area contributed by atoms with Gasteiger partial charge in [0.25, 0.3) is 11.5 Å². The first-order chi connectivity index (χ1) is 13.3. The van der Waals surface area contributed by atoms with Gasteiger partial charge in [0.1, 0.15) is 5.52 Å². The lowest BCUT2D eigenvalue weighted by molar-refractivity contribution is 0.439. The second kappa shape index (κ2) is 5.63. The van der Waals surface area contributed by atoms with Crippen molar-refractivity contribution in [3.05, 3.63) is 40.9 Å². The Morgan fingerprint density at radius 3 is 2.93 bits per heavy atom. The topological polar surface area (TPSA) is 88.5 Å². The van der Waals surface area contributed by atoms with Crippen LogP contribution in [0.5, 0.6) is 0 Å². The molecule has 136 valence electrons. The number of fused-ring (bicyclic) bond motifs is 4. The molecule has 8 heteroatoms. The molecule has 3 aromatic heterocycles. The molecule has 7 nitrogen and oxygen atoms in total. The molecule has 0 saturated heterocycles. The van der Waals surface area contributed by atoms with Crippen LogP contribution in [0, 0.1) is 11.8 Å². The summed E-state index contributed by atoms with van der Waals surface area (Å²) < 4.78 is 2.49. The van der Waals surface area contributed by atoms with Gasteiger partial charge < -0.3 is 10.3 Å². The lowest BCUT2D eigenvalue weighted by atomic mass is 9.95. The highest BCUT2D eigenvalue weighted by Gasteiger charge is 2.39. The van der Waals surface area contributed by atoms with Crippen LogP contribution in [0.1, 0.15) is 25.7 Å². The number of hydrogen-bond acceptors (Lipinski definition) is 6. The second-order valence-electron chi connectivity index (χ2n) is 7.59. The van der Waals surface area contributed by atoms with Gasteiger partial charge in [-0.3, -0.25) is 4.79 Å². The van der Waals surface area contributed by atoms with Gasteiger partial charge in [-0.25, -0.2) is 4.98 Å². The summed E-state index contributed by atoms with van der Waals surface area (Å²) in [6, 6.07) is 8.03. The Morgan fingerprint density at radius 2 is 2.11 bits per heavy atom. The highest BCUT2D eigenvalue weighted by molar-refractivity contribution is 7.14. The minimum Gasteiger partial charge on any atom is -0.365 e. The van der Waals surface area contributed by atoms with Gasteiger partial charge in [0.2, 0.25) is 0 Å². The first kappa shape index (κ1) is 15.3. The molecule has 1 aromatic carbocycles. The number of rotatable bonds is 3. The Hall–Kier alpha value is -2.74. The Morgan fingerprint density at radius 1 is 1.19 bits per heavy atom. The van der Waals surface area contributed by atoms with Crippen LogP contribution >= 0.6 is 11.5 Å². The van der Waals surface area contributed by atoms with E-state index in [0.717, 1.165) is 27.9 Å². The summed E-state index contributed by atoms with van der Waals surface area (Å²) in [5.74, 6) is 2.69. The van der Waals surface area contributed by atoms with Crippen LogP contribution in [-0.4, -0.2) is 29.9 Å². The van der Waals surface area contributed by atoms with Crippen molar-refractivity contribution >= 4 is 38.6 Å². The van der Waals surface area contributed by atoms with Crippen LogP contribution < -0.4 is 10.9 Å². The zero-order chi connectivity index (χ0) is 18.0. The van der Waals surface area contributed by atoms with Crippen LogP contribution in [0.25, 0.3) is 27.2 Å². The highest BCUT2D eigenvalue weighted by atomic mass is 32.1. The van der Waals surface area contributed by atoms with Gasteiger partial charge in [-0.05, 0) is 54.8 Å². The molecule has 3 heterocycles. The minimum atomic E-state index is -0.0867. The van der Waals surface area contributed by atoms with Crippen LogP contribution in [0.15, 0.2) is 35.4 Å². The Kier molecular flexibility index (Phi) is 3.19. The van der Waals surface area contributed by atoms with Crippen LogP contribution in [0.2, 0.25) is 0 Å². The molecule has 0 radical (unpaired) electrons. The van der Waals surface area contributed by atoms with E-state index in [1.54, 1.807) is 10.3 Å². The summed E-state index contributed by atoms with van der Waals surface area (Å²) in [6.07, 6.45) is 6.79. The summed E-state index contributed by atoms with van der Waals surface area (Å²) in [5.41, 5.74) is 1.29. The van der Waals surface area contributed by atoms with Crippen molar-refractivity contribution in [1.82, 2.24) is 23.9 Å². The zero-order valence-corrected chi connectivity index (χ0v) is 15.4. The zero-order valence-electron chi connectivity index (χ0n) is 14.6. The normalized spacial score (nSPS) is 24.2. The van der Waals surface area contributed by atoms with E-state index in [0.29, 0.717) is 23.0 Å². The maximum absolute atomic E-state index is 12.8. The van der Waals surface area contributed by atoms with Crippen molar-refractivity contribution in [3.63, 3.8) is 0 Å². The number of hydrogen-bond donors (Lipinski definition) is 2. The van der Waals surface area contributed by atoms with Gasteiger partial charge in [0, 0.05) is 6.04 Å². The van der Waals surface area contributed by atoms with E-state index >= 15 is 0 Å². The highest BCUT2D eigenvalue weighted by Crippen LogP contribution is 2.45. The van der Waals surface area contributed by atoms with Crippen LogP contribution in [0.3, 0.4) is 0 Å². The fraction of sp³-hybridized carbons (Fsp3) is 0.368. The molecule has 0 unspecified atom stereocenters. The average Bonchev–Trinajstić information content (AvgIpc) is 3.45. The fourth-order valence-electron chi connectivity index (χ4n) is 4.72. The van der Waals surface area contributed by atoms with Crippen molar-refractivity contribution in [2.75, 3.05) is 5.32 Å². The molecule has 2 aliphatic carbocycles. The molecule has 4 aromatic rings. The van der Waals surface area contributed by atoms with Gasteiger partial charge >= 0.3 is 0 Å². The van der Waals surface area contributed by atoms with Gasteiger partial charge in [-0.15, -0.1) is 0 Å². The van der Waals surface area contributed by atoms with Crippen molar-refractivity contribution in [1.29, 1.82) is 0 Å². The van der Waals surface area contributed by atoms with Gasteiger partial charge in [-0.1, -0.05) is 18.6 Å². The third-order valence-electron chi connectivity index (χ3n) is 6.01. The lowest BCUT2D eigenvalue weighted by Crippen LogP contribution is -2.27. The molecule has 0 spiro atoms. The Bertz CT molecular complexity index is 1220. The molecule has 2 fully saturated rings. The van der Waals surface area contributed by atoms with Crippen molar-refractivity contribution in [2.24, 2.45) is 11.8 Å². The molecule has 2 N–H and O–H groups in total. The third-order valence-corrected chi connectivity index (χ3v) is 7.07. The number of H-pyrrole nitrogens is 1. The number of nitrogens with one attached hydrogen (secondary N) is 2. The maximum atomic E-state index is 12.8. The summed E-state index contributed by atoms with van der Waals surface area (Å²) in [4.78, 5) is 29.5. The van der Waals surface area contributed by atoms with E-state index in [4.69, 9.17) is 4.98 Å². The second-order valence-corrected chi connectivity index (χ2v) is 8.57. The number of nitrogens with zero attached hydrogens (tertiary/aromatic N) is 4. The smallest absolute Gasteiger partial charge is 0.275 e. The summed E-state index contributed by atoms with van der Waals surface area (Å²) >= 11 is 1.37. The SMILES string of the molecule is O=c1c2ccccc2sn1-c1nc(N[C@@H]2C[C@H]3CC[C@@H]2C3)c2[nH]cnc2n1. The van der Waals surface area contributed by atoms with E-state index in [2.05, 4.69) is 20.3 Å². The van der Waals surface area contributed by atoms with E-state index in [9.17, 15) is 4.79 Å². The van der Waals surface area contributed by atoms with Crippen LogP contribution in [0.4, 0.5) is 5.82 Å². The first-order valence-electron chi connectivity index (χ1n) is 9.35. The number of aromatic amines is 1. The van der Waals surface area contributed by atoms with Gasteiger partial charge in [0.15, 0.2) is 11.5 Å². The molecule has 2 saturated carbocycles. The third kappa shape index (κ3) is 2.32. The Balaban J connectivity index is 1.48. The van der Waals surface area contributed by atoms with E-state index in [-0.39, 0.29) is 5.56 Å². The molecule has 0 aliphatic heterocycles. The largest absolute Gasteiger partial charge is 0.365 e. The summed E-state index contributed by atoms with van der Waals surface area (Å²) in [7, 11) is 0. The maximum Gasteiger partial charge on any atom is 0.275 e. The standard InChI is InChI=1S/C19H18N6OS/c26-18-12-3-1-2-4-14(12)27-25(18)19-23-16-15(20-9-21-16)17(24-19)22-13-8-10-5-6-11(13)7-10/h1-4,9-11,13H,5-8H2,(H2,20,21,22,23,24)/t10-,11+,13+/m0/s1. The molecule has 27 heavy (non-hydrogen) atoms. The number of aromatic nitrogens is 5. The van der Waals surface area contributed by atoms with Gasteiger partial charge in [0.05, 0.1) is 16.4 Å². The quantitative estimate of drug-likeness (QED) is 0.571. The fourth-order valence-corrected chi connectivity index (χ4v) is 5.65. The summed E-state index contributed by atoms with van der Waals surface area (Å²) in [5, 5.41) is 4.32. The lowest BCUT2D eigenvalue weighted by Gasteiger charge is -2.23. The van der Waals surface area contributed by atoms with Crippen molar-refractivity contribution < 1.29 is 0 Å². The number of benzene rings is 1. The molecule has 2 aliphatic rings. The van der Waals surface area contributed by atoms with Gasteiger partial charge in [-0.2, -0.15) is 13.9 Å². The van der Waals surface area contributed by atoms with E-state index in [1.165, 1.54) is 37.2 Å². The van der Waals surface area contributed by atoms with E-state index in [1.807, 2.05) is 24.3 Å². The predicted molar refractivity (Wildman–Crippen MR) is 106 cm³/mol. The Labute approximate surface area is 158 Å². The first-order valence-corrected chi connectivity index (χ1v) is 10.1. The monoisotopic (exact) mass is 378 g/mol. The minimum absolute atomic E-state index is 0.0867. The van der Waals surface area contributed by atoms with E-state index < -0.39 is 0 Å². The van der Waals surface area contributed by atoms with Crippen LogP contribution in [-0.2, 0) is 0 Å².